The van der Waals surface area contributed by atoms with Crippen LogP contribution in [0.1, 0.15) is 137 Å². The van der Waals surface area contributed by atoms with E-state index in [9.17, 15) is 0 Å². The summed E-state index contributed by atoms with van der Waals surface area (Å²) < 4.78 is 0. The number of rotatable bonds is 19. The molecule has 0 saturated heterocycles. The molecule has 3 atom stereocenters. The maximum absolute atomic E-state index is 2.49. The molecule has 0 aromatic rings. The van der Waals surface area contributed by atoms with E-state index in [0.717, 1.165) is 17.8 Å². The SMILES string of the molecule is CCCCCCCC(C)CC(CC)C/C=C/CCCCCCC(C)CC. The fourth-order valence-electron chi connectivity index (χ4n) is 3.93. The Balaban J connectivity index is 3.62. The van der Waals surface area contributed by atoms with Gasteiger partial charge in [-0.2, -0.15) is 0 Å². The Hall–Kier alpha value is -0.260. The lowest BCUT2D eigenvalue weighted by atomic mass is 9.88. The average molecular weight is 365 g/mol. The highest BCUT2D eigenvalue weighted by Crippen LogP contribution is 2.24. The maximum atomic E-state index is 2.49. The van der Waals surface area contributed by atoms with E-state index in [1.54, 1.807) is 0 Å². The molecule has 0 aliphatic rings. The van der Waals surface area contributed by atoms with Gasteiger partial charge in [0.15, 0.2) is 0 Å². The Labute approximate surface area is 167 Å². The van der Waals surface area contributed by atoms with Crippen molar-refractivity contribution in [3.63, 3.8) is 0 Å². The van der Waals surface area contributed by atoms with Crippen molar-refractivity contribution in [2.45, 2.75) is 137 Å². The van der Waals surface area contributed by atoms with Gasteiger partial charge in [0.05, 0.1) is 0 Å². The molecule has 0 saturated carbocycles. The second-order valence-corrected chi connectivity index (χ2v) is 9.03. The standard InChI is InChI=1S/C26H52/c1-6-9-10-14-18-21-25(5)23-26(8-3)22-19-16-13-11-12-15-17-20-24(4)7-2/h16,19,24-26H,6-15,17-18,20-23H2,1-5H3/b19-16+. The van der Waals surface area contributed by atoms with Gasteiger partial charge in [-0.1, -0.05) is 124 Å². The lowest BCUT2D eigenvalue weighted by Crippen LogP contribution is -2.05. The van der Waals surface area contributed by atoms with Gasteiger partial charge in [-0.05, 0) is 43.4 Å². The zero-order valence-electron chi connectivity index (χ0n) is 19.2. The summed E-state index contributed by atoms with van der Waals surface area (Å²) in [5.74, 6) is 2.76. The largest absolute Gasteiger partial charge is 0.0885 e. The number of hydrogen-bond donors (Lipinski definition) is 0. The molecule has 0 radical (unpaired) electrons. The molecular formula is C26H52. The van der Waals surface area contributed by atoms with Gasteiger partial charge in [0.25, 0.3) is 0 Å². The van der Waals surface area contributed by atoms with E-state index in [-0.39, 0.29) is 0 Å². The van der Waals surface area contributed by atoms with Gasteiger partial charge < -0.3 is 0 Å². The highest BCUT2D eigenvalue weighted by molar-refractivity contribution is 4.84. The molecule has 0 aliphatic heterocycles. The second-order valence-electron chi connectivity index (χ2n) is 9.03. The summed E-state index contributed by atoms with van der Waals surface area (Å²) in [6, 6.07) is 0. The molecule has 0 aliphatic carbocycles. The van der Waals surface area contributed by atoms with Crippen LogP contribution >= 0.6 is 0 Å². The fourth-order valence-corrected chi connectivity index (χ4v) is 3.93. The van der Waals surface area contributed by atoms with Gasteiger partial charge in [-0.3, -0.25) is 0 Å². The minimum absolute atomic E-state index is 0.910. The van der Waals surface area contributed by atoms with Gasteiger partial charge >= 0.3 is 0 Å². The van der Waals surface area contributed by atoms with Crippen molar-refractivity contribution in [2.24, 2.45) is 17.8 Å². The summed E-state index contributed by atoms with van der Waals surface area (Å²) in [7, 11) is 0. The van der Waals surface area contributed by atoms with E-state index in [0.29, 0.717) is 0 Å². The summed E-state index contributed by atoms with van der Waals surface area (Å²) in [6.07, 6.45) is 27.4. The smallest absolute Gasteiger partial charge is 0.0322 e. The third kappa shape index (κ3) is 17.2. The summed E-state index contributed by atoms with van der Waals surface area (Å²) in [4.78, 5) is 0. The fraction of sp³-hybridized carbons (Fsp3) is 0.923. The quantitative estimate of drug-likeness (QED) is 0.158. The normalized spacial score (nSPS) is 15.4. The molecule has 156 valence electrons. The summed E-state index contributed by atoms with van der Waals surface area (Å²) >= 11 is 0. The monoisotopic (exact) mass is 364 g/mol. The van der Waals surface area contributed by atoms with Crippen LogP contribution in [0.25, 0.3) is 0 Å². The van der Waals surface area contributed by atoms with Crippen LogP contribution in [-0.4, -0.2) is 0 Å². The van der Waals surface area contributed by atoms with Crippen molar-refractivity contribution in [3.8, 4) is 0 Å². The van der Waals surface area contributed by atoms with Crippen LogP contribution in [0.2, 0.25) is 0 Å². The van der Waals surface area contributed by atoms with Crippen molar-refractivity contribution in [1.82, 2.24) is 0 Å². The molecule has 0 bridgehead atoms. The van der Waals surface area contributed by atoms with E-state index in [1.165, 1.54) is 103 Å². The van der Waals surface area contributed by atoms with Crippen molar-refractivity contribution in [1.29, 1.82) is 0 Å². The van der Waals surface area contributed by atoms with Crippen LogP contribution in [0.4, 0.5) is 0 Å². The zero-order chi connectivity index (χ0) is 19.5. The first kappa shape index (κ1) is 25.7. The highest BCUT2D eigenvalue weighted by atomic mass is 14.2. The molecule has 0 aromatic carbocycles. The zero-order valence-corrected chi connectivity index (χ0v) is 19.2. The highest BCUT2D eigenvalue weighted by Gasteiger charge is 2.10. The third-order valence-corrected chi connectivity index (χ3v) is 6.26. The van der Waals surface area contributed by atoms with Crippen LogP contribution in [0, 0.1) is 17.8 Å². The third-order valence-electron chi connectivity index (χ3n) is 6.26. The topological polar surface area (TPSA) is 0 Å². The summed E-state index contributed by atoms with van der Waals surface area (Å²) in [5.41, 5.74) is 0. The molecule has 0 aromatic heterocycles. The van der Waals surface area contributed by atoms with Gasteiger partial charge in [-0.15, -0.1) is 0 Å². The first-order chi connectivity index (χ1) is 12.6. The summed E-state index contributed by atoms with van der Waals surface area (Å²) in [6.45, 7) is 11.9. The maximum Gasteiger partial charge on any atom is -0.0322 e. The van der Waals surface area contributed by atoms with Crippen molar-refractivity contribution < 1.29 is 0 Å². The Morgan fingerprint density at radius 3 is 1.85 bits per heavy atom. The van der Waals surface area contributed by atoms with Crippen molar-refractivity contribution in [2.75, 3.05) is 0 Å². The Morgan fingerprint density at radius 1 is 0.615 bits per heavy atom. The summed E-state index contributed by atoms with van der Waals surface area (Å²) in [5, 5.41) is 0. The van der Waals surface area contributed by atoms with E-state index >= 15 is 0 Å². The number of allylic oxidation sites excluding steroid dienone is 2. The first-order valence-corrected chi connectivity index (χ1v) is 12.3. The predicted octanol–water partition coefficient (Wildman–Crippen LogP) is 9.73. The Morgan fingerprint density at radius 2 is 1.23 bits per heavy atom. The Bertz CT molecular complexity index is 290. The van der Waals surface area contributed by atoms with Crippen LogP contribution in [0.5, 0.6) is 0 Å². The van der Waals surface area contributed by atoms with Crippen molar-refractivity contribution >= 4 is 0 Å². The first-order valence-electron chi connectivity index (χ1n) is 12.3. The molecule has 3 unspecified atom stereocenters. The molecule has 0 spiro atoms. The van der Waals surface area contributed by atoms with Crippen LogP contribution < -0.4 is 0 Å². The van der Waals surface area contributed by atoms with Crippen LogP contribution in [-0.2, 0) is 0 Å². The minimum Gasteiger partial charge on any atom is -0.0885 e. The van der Waals surface area contributed by atoms with E-state index in [1.807, 2.05) is 0 Å². The van der Waals surface area contributed by atoms with E-state index < -0.39 is 0 Å². The molecule has 0 N–H and O–H groups in total. The van der Waals surface area contributed by atoms with Crippen LogP contribution in [0.3, 0.4) is 0 Å². The molecule has 0 heterocycles. The average Bonchev–Trinajstić information content (AvgIpc) is 2.65. The van der Waals surface area contributed by atoms with Crippen molar-refractivity contribution in [3.05, 3.63) is 12.2 Å². The molecule has 0 nitrogen and oxygen atoms in total. The van der Waals surface area contributed by atoms with E-state index in [2.05, 4.69) is 46.8 Å². The minimum atomic E-state index is 0.910. The molecule has 0 amide bonds. The van der Waals surface area contributed by atoms with E-state index in [4.69, 9.17) is 0 Å². The molecule has 26 heavy (non-hydrogen) atoms. The van der Waals surface area contributed by atoms with Crippen LogP contribution in [0.15, 0.2) is 12.2 Å². The van der Waals surface area contributed by atoms with Gasteiger partial charge in [0.1, 0.15) is 0 Å². The lowest BCUT2D eigenvalue weighted by molar-refractivity contribution is 0.356. The molecule has 0 heteroatoms. The molecule has 0 rings (SSSR count). The lowest BCUT2D eigenvalue weighted by Gasteiger charge is -2.18. The second kappa shape index (κ2) is 19.5. The van der Waals surface area contributed by atoms with Gasteiger partial charge in [0, 0.05) is 0 Å². The van der Waals surface area contributed by atoms with Gasteiger partial charge in [0.2, 0.25) is 0 Å². The number of unbranched alkanes of at least 4 members (excludes halogenated alkanes) is 8. The Kier molecular flexibility index (Phi) is 19.3. The number of hydrogen-bond acceptors (Lipinski definition) is 0. The predicted molar refractivity (Wildman–Crippen MR) is 122 cm³/mol. The van der Waals surface area contributed by atoms with Gasteiger partial charge in [-0.25, -0.2) is 0 Å². The molecular weight excluding hydrogens is 312 g/mol. The molecule has 0 fully saturated rings.